The van der Waals surface area contributed by atoms with Crippen LogP contribution in [0.1, 0.15) is 27.7 Å². The minimum atomic E-state index is 0.275. The lowest BCUT2D eigenvalue weighted by atomic mass is 10.3. The Morgan fingerprint density at radius 2 is 1.50 bits per heavy atom. The van der Waals surface area contributed by atoms with Crippen LogP contribution in [0, 0.1) is 0 Å². The minimum absolute atomic E-state index is 0.275. The van der Waals surface area contributed by atoms with Gasteiger partial charge >= 0.3 is 0 Å². The lowest BCUT2D eigenvalue weighted by Gasteiger charge is -2.30. The molecule has 0 spiro atoms. The van der Waals surface area contributed by atoms with E-state index in [0.717, 1.165) is 12.1 Å². The van der Waals surface area contributed by atoms with Crippen molar-refractivity contribution in [2.45, 2.75) is 39.8 Å². The predicted molar refractivity (Wildman–Crippen MR) is 59.1 cm³/mol. The van der Waals surface area contributed by atoms with Crippen LogP contribution < -0.4 is 0 Å². The molecule has 10 heavy (non-hydrogen) atoms. The van der Waals surface area contributed by atoms with Crippen LogP contribution in [0.15, 0.2) is 0 Å². The molecule has 0 fully saturated rings. The fraction of sp³-hybridized carbons (Fsp3) is 1.00. The molecule has 4 heteroatoms. The van der Waals surface area contributed by atoms with Gasteiger partial charge in [0.15, 0.2) is 0 Å². The predicted octanol–water partition coefficient (Wildman–Crippen LogP) is -1.45. The Balaban J connectivity index is 3.73. The summed E-state index contributed by atoms with van der Waals surface area (Å²) in [4.78, 5) is 0. The smallest absolute Gasteiger partial charge is 0.0767 e. The molecule has 0 aliphatic heterocycles. The summed E-state index contributed by atoms with van der Waals surface area (Å²) in [5.74, 6) is 0. The first-order valence-electron chi connectivity index (χ1n) is 4.35. The van der Waals surface area contributed by atoms with Crippen molar-refractivity contribution in [1.29, 1.82) is 0 Å². The zero-order chi connectivity index (χ0) is 8.15. The molecule has 0 saturated carbocycles. The fourth-order valence-electron chi connectivity index (χ4n) is 1.37. The van der Waals surface area contributed by atoms with Gasteiger partial charge in [-0.25, -0.2) is 0 Å². The van der Waals surface area contributed by atoms with E-state index >= 15 is 0 Å². The second-order valence-electron chi connectivity index (χ2n) is 3.43. The summed E-state index contributed by atoms with van der Waals surface area (Å²) < 4.78 is 2.75. The maximum Gasteiger partial charge on any atom is 0.0767 e. The highest BCUT2D eigenvalue weighted by atomic mass is 29.5. The third-order valence-corrected chi connectivity index (χ3v) is 11.1. The fourth-order valence-corrected chi connectivity index (χ4v) is 12.2. The summed E-state index contributed by atoms with van der Waals surface area (Å²) in [5, 5.41) is 0. The van der Waals surface area contributed by atoms with E-state index in [1.54, 1.807) is 0 Å². The van der Waals surface area contributed by atoms with Gasteiger partial charge in [-0.15, -0.1) is 0 Å². The summed E-state index contributed by atoms with van der Waals surface area (Å²) in [6.07, 6.45) is 0. The molecule has 0 aromatic carbocycles. The summed E-state index contributed by atoms with van der Waals surface area (Å²) >= 11 is 0. The van der Waals surface area contributed by atoms with Gasteiger partial charge < -0.3 is 4.57 Å². The van der Waals surface area contributed by atoms with Gasteiger partial charge in [0.05, 0.1) is 9.20 Å². The molecule has 0 rings (SSSR count). The molecule has 1 nitrogen and oxygen atoms in total. The van der Waals surface area contributed by atoms with E-state index < -0.39 is 0 Å². The van der Waals surface area contributed by atoms with Crippen molar-refractivity contribution in [2.24, 2.45) is 0 Å². The molecule has 0 radical (unpaired) electrons. The van der Waals surface area contributed by atoms with Gasteiger partial charge in [-0.1, -0.05) is 27.7 Å². The highest BCUT2D eigenvalue weighted by molar-refractivity contribution is 7.23. The van der Waals surface area contributed by atoms with Gasteiger partial charge in [-0.3, -0.25) is 0 Å². The zero-order valence-corrected chi connectivity index (χ0v) is 12.8. The minimum Gasteiger partial charge on any atom is -0.328 e. The van der Waals surface area contributed by atoms with E-state index in [9.17, 15) is 0 Å². The number of hydrogen-bond donors (Lipinski definition) is 0. The van der Waals surface area contributed by atoms with E-state index in [2.05, 4.69) is 32.3 Å². The van der Waals surface area contributed by atoms with Crippen molar-refractivity contribution < 1.29 is 0 Å². The average Bonchev–Trinajstić information content (AvgIpc) is 1.81. The largest absolute Gasteiger partial charge is 0.328 e. The van der Waals surface area contributed by atoms with Crippen LogP contribution in [-0.2, 0) is 0 Å². The Hall–Kier alpha value is 0.611. The van der Waals surface area contributed by atoms with E-state index in [4.69, 9.17) is 0 Å². The quantitative estimate of drug-likeness (QED) is 0.492. The lowest BCUT2D eigenvalue weighted by molar-refractivity contribution is 0.317. The molecule has 62 valence electrons. The molecule has 0 atom stereocenters. The highest BCUT2D eigenvalue weighted by Crippen LogP contribution is 2.00. The third kappa shape index (κ3) is 3.70. The first-order valence-corrected chi connectivity index (χ1v) is 14.6. The van der Waals surface area contributed by atoms with E-state index in [-0.39, 0.29) is 9.20 Å². The monoisotopic (exact) mass is 191 g/mol. The Bertz CT molecular complexity index is 77.1. The van der Waals surface area contributed by atoms with Crippen LogP contribution >= 0.6 is 0 Å². The van der Waals surface area contributed by atoms with Gasteiger partial charge in [-0.2, -0.15) is 0 Å². The van der Waals surface area contributed by atoms with Crippen molar-refractivity contribution in [3.63, 3.8) is 0 Å². The third-order valence-electron chi connectivity index (χ3n) is 1.81. The maximum atomic E-state index is 2.75. The molecule has 0 amide bonds. The van der Waals surface area contributed by atoms with Crippen molar-refractivity contribution >= 4 is 27.5 Å². The van der Waals surface area contributed by atoms with Crippen LogP contribution in [0.25, 0.3) is 0 Å². The van der Waals surface area contributed by atoms with Crippen molar-refractivity contribution in [1.82, 2.24) is 4.57 Å². The van der Waals surface area contributed by atoms with Crippen molar-refractivity contribution in [3.05, 3.63) is 0 Å². The molecule has 0 unspecified atom stereocenters. The Kier molecular flexibility index (Phi) is 5.61. The van der Waals surface area contributed by atoms with Crippen molar-refractivity contribution in [3.8, 4) is 0 Å². The molecule has 0 N–H and O–H groups in total. The van der Waals surface area contributed by atoms with Gasteiger partial charge in [0.25, 0.3) is 0 Å². The molecule has 0 saturated heterocycles. The number of rotatable bonds is 4. The van der Waals surface area contributed by atoms with E-state index in [0.29, 0.717) is 8.55 Å². The topological polar surface area (TPSA) is 3.24 Å². The lowest BCUT2D eigenvalue weighted by Crippen LogP contribution is -2.42. The molecule has 0 bridgehead atoms. The van der Waals surface area contributed by atoms with Gasteiger partial charge in [0.2, 0.25) is 0 Å². The first-order chi connectivity index (χ1) is 4.59. The summed E-state index contributed by atoms with van der Waals surface area (Å²) in [6, 6.07) is 1.63. The molecule has 0 aromatic rings. The Labute approximate surface area is 72.3 Å². The van der Waals surface area contributed by atoms with Crippen LogP contribution in [-0.4, -0.2) is 44.2 Å². The second-order valence-corrected chi connectivity index (χ2v) is 18.9. The molecular weight excluding hydrogens is 170 g/mol. The standard InChI is InChI=1S/C6H21NSi3/c1-5(2)7(6(3)4)9-10-8/h5-6H,9-10H2,1-4,8H3. The highest BCUT2D eigenvalue weighted by Gasteiger charge is 2.10. The Morgan fingerprint density at radius 3 is 1.60 bits per heavy atom. The van der Waals surface area contributed by atoms with Crippen LogP contribution in [0.2, 0.25) is 0 Å². The summed E-state index contributed by atoms with van der Waals surface area (Å²) in [5.41, 5.74) is 0. The molecule has 0 aromatic heterocycles. The van der Waals surface area contributed by atoms with E-state index in [1.807, 2.05) is 0 Å². The number of nitrogens with zero attached hydrogens (tertiary/aromatic N) is 1. The van der Waals surface area contributed by atoms with Gasteiger partial charge in [0.1, 0.15) is 0 Å². The summed E-state index contributed by atoms with van der Waals surface area (Å²) in [7, 11) is 2.30. The maximum absolute atomic E-state index is 2.75. The molecule has 0 aliphatic carbocycles. The van der Waals surface area contributed by atoms with Gasteiger partial charge in [-0.05, 0) is 21.8 Å². The van der Waals surface area contributed by atoms with Crippen LogP contribution in [0.4, 0.5) is 0 Å². The average molecular weight is 191 g/mol. The van der Waals surface area contributed by atoms with Gasteiger partial charge in [0, 0.05) is 8.55 Å². The molecule has 0 aliphatic rings. The van der Waals surface area contributed by atoms with Crippen molar-refractivity contribution in [2.75, 3.05) is 0 Å². The van der Waals surface area contributed by atoms with E-state index in [1.165, 1.54) is 9.76 Å². The van der Waals surface area contributed by atoms with Crippen LogP contribution in [0.5, 0.6) is 0 Å². The Morgan fingerprint density at radius 1 is 1.10 bits per heavy atom. The SMILES string of the molecule is CC(C)N([SiH2][SiH2][SiH3])C(C)C. The normalized spacial score (nSPS) is 14.7. The number of hydrogen-bond acceptors (Lipinski definition) is 1. The summed E-state index contributed by atoms with van der Waals surface area (Å²) in [6.45, 7) is 9.33. The molecule has 0 heterocycles. The first kappa shape index (κ1) is 10.6. The molecular formula is C6H21NSi3. The second kappa shape index (κ2) is 5.29. The zero-order valence-electron chi connectivity index (χ0n) is 8.02. The van der Waals surface area contributed by atoms with Crippen LogP contribution in [0.3, 0.4) is 0 Å².